The SMILES string of the molecule is Cc1cc(F)ccc1OCc1cccnc1N. The van der Waals surface area contributed by atoms with Gasteiger partial charge < -0.3 is 10.5 Å². The number of pyridine rings is 1. The van der Waals surface area contributed by atoms with E-state index < -0.39 is 0 Å². The monoisotopic (exact) mass is 232 g/mol. The second-order valence-electron chi connectivity index (χ2n) is 3.75. The summed E-state index contributed by atoms with van der Waals surface area (Å²) in [6.07, 6.45) is 1.63. The van der Waals surface area contributed by atoms with Gasteiger partial charge in [-0.15, -0.1) is 0 Å². The van der Waals surface area contributed by atoms with Gasteiger partial charge in [0.25, 0.3) is 0 Å². The summed E-state index contributed by atoms with van der Waals surface area (Å²) >= 11 is 0. The van der Waals surface area contributed by atoms with Crippen molar-refractivity contribution in [2.24, 2.45) is 0 Å². The first-order valence-electron chi connectivity index (χ1n) is 5.25. The lowest BCUT2D eigenvalue weighted by Gasteiger charge is -2.10. The van der Waals surface area contributed by atoms with Crippen LogP contribution in [0.3, 0.4) is 0 Å². The Morgan fingerprint density at radius 3 is 2.88 bits per heavy atom. The van der Waals surface area contributed by atoms with Crippen molar-refractivity contribution in [2.75, 3.05) is 5.73 Å². The first-order valence-corrected chi connectivity index (χ1v) is 5.25. The topological polar surface area (TPSA) is 48.1 Å². The Kier molecular flexibility index (Phi) is 3.23. The number of rotatable bonds is 3. The van der Waals surface area contributed by atoms with E-state index in [1.807, 2.05) is 6.07 Å². The lowest BCUT2D eigenvalue weighted by Crippen LogP contribution is -2.02. The number of anilines is 1. The summed E-state index contributed by atoms with van der Waals surface area (Å²) in [6, 6.07) is 8.06. The Labute approximate surface area is 99.1 Å². The number of nitrogens with zero attached hydrogens (tertiary/aromatic N) is 1. The molecule has 0 bridgehead atoms. The fourth-order valence-corrected chi connectivity index (χ4v) is 1.50. The number of nitrogen functional groups attached to an aromatic ring is 1. The van der Waals surface area contributed by atoms with E-state index >= 15 is 0 Å². The van der Waals surface area contributed by atoms with E-state index in [1.165, 1.54) is 12.1 Å². The van der Waals surface area contributed by atoms with Gasteiger partial charge in [0.1, 0.15) is 24.0 Å². The lowest BCUT2D eigenvalue weighted by atomic mass is 10.2. The Bertz CT molecular complexity index is 529. The fourth-order valence-electron chi connectivity index (χ4n) is 1.50. The van der Waals surface area contributed by atoms with Crippen LogP contribution >= 0.6 is 0 Å². The summed E-state index contributed by atoms with van der Waals surface area (Å²) in [5.74, 6) is 0.831. The minimum absolute atomic E-state index is 0.268. The molecule has 0 fully saturated rings. The largest absolute Gasteiger partial charge is 0.488 e. The van der Waals surface area contributed by atoms with Gasteiger partial charge >= 0.3 is 0 Å². The van der Waals surface area contributed by atoms with E-state index in [0.29, 0.717) is 18.2 Å². The number of benzene rings is 1. The van der Waals surface area contributed by atoms with Crippen molar-refractivity contribution in [2.45, 2.75) is 13.5 Å². The number of ether oxygens (including phenoxy) is 1. The zero-order valence-electron chi connectivity index (χ0n) is 9.48. The molecule has 0 saturated carbocycles. The predicted octanol–water partition coefficient (Wildman–Crippen LogP) is 2.69. The quantitative estimate of drug-likeness (QED) is 0.885. The second-order valence-corrected chi connectivity index (χ2v) is 3.75. The third-order valence-electron chi connectivity index (χ3n) is 2.45. The first-order chi connectivity index (χ1) is 8.16. The smallest absolute Gasteiger partial charge is 0.129 e. The van der Waals surface area contributed by atoms with Crippen LogP contribution in [0.5, 0.6) is 5.75 Å². The maximum absolute atomic E-state index is 12.9. The van der Waals surface area contributed by atoms with E-state index in [9.17, 15) is 4.39 Å². The molecule has 0 spiro atoms. The van der Waals surface area contributed by atoms with Gasteiger partial charge in [0.2, 0.25) is 0 Å². The molecule has 0 atom stereocenters. The third-order valence-corrected chi connectivity index (χ3v) is 2.45. The number of nitrogens with two attached hydrogens (primary N) is 1. The highest BCUT2D eigenvalue weighted by atomic mass is 19.1. The summed E-state index contributed by atoms with van der Waals surface area (Å²) in [4.78, 5) is 3.97. The summed E-state index contributed by atoms with van der Waals surface area (Å²) in [5.41, 5.74) is 7.27. The van der Waals surface area contributed by atoms with Gasteiger partial charge in [-0.3, -0.25) is 0 Å². The normalized spacial score (nSPS) is 10.2. The van der Waals surface area contributed by atoms with Crippen molar-refractivity contribution in [1.29, 1.82) is 0 Å². The number of aryl methyl sites for hydroxylation is 1. The molecule has 2 aromatic rings. The molecule has 0 unspecified atom stereocenters. The predicted molar refractivity (Wildman–Crippen MR) is 64.1 cm³/mol. The van der Waals surface area contributed by atoms with Gasteiger partial charge in [-0.05, 0) is 36.8 Å². The van der Waals surface area contributed by atoms with Gasteiger partial charge in [0, 0.05) is 11.8 Å². The first kappa shape index (κ1) is 11.4. The van der Waals surface area contributed by atoms with Gasteiger partial charge in [-0.2, -0.15) is 0 Å². The van der Waals surface area contributed by atoms with Crippen LogP contribution in [0.25, 0.3) is 0 Å². The van der Waals surface area contributed by atoms with Gasteiger partial charge in [-0.25, -0.2) is 9.37 Å². The van der Waals surface area contributed by atoms with Crippen molar-refractivity contribution in [3.63, 3.8) is 0 Å². The highest BCUT2D eigenvalue weighted by Crippen LogP contribution is 2.20. The Morgan fingerprint density at radius 1 is 1.35 bits per heavy atom. The Balaban J connectivity index is 2.10. The molecule has 2 N–H and O–H groups in total. The van der Waals surface area contributed by atoms with Crippen LogP contribution in [0.2, 0.25) is 0 Å². The van der Waals surface area contributed by atoms with Crippen LogP contribution in [0.1, 0.15) is 11.1 Å². The molecular formula is C13H13FN2O. The van der Waals surface area contributed by atoms with E-state index in [1.54, 1.807) is 25.3 Å². The molecule has 88 valence electrons. The Morgan fingerprint density at radius 2 is 2.18 bits per heavy atom. The average molecular weight is 232 g/mol. The zero-order valence-corrected chi connectivity index (χ0v) is 9.48. The molecule has 3 nitrogen and oxygen atoms in total. The van der Waals surface area contributed by atoms with Gasteiger partial charge in [0.15, 0.2) is 0 Å². The lowest BCUT2D eigenvalue weighted by molar-refractivity contribution is 0.304. The maximum atomic E-state index is 12.9. The van der Waals surface area contributed by atoms with Crippen molar-refractivity contribution < 1.29 is 9.13 Å². The van der Waals surface area contributed by atoms with Crippen molar-refractivity contribution in [3.8, 4) is 5.75 Å². The average Bonchev–Trinajstić information content (AvgIpc) is 2.30. The third kappa shape index (κ3) is 2.72. The minimum Gasteiger partial charge on any atom is -0.488 e. The van der Waals surface area contributed by atoms with Crippen molar-refractivity contribution >= 4 is 5.82 Å². The molecule has 0 radical (unpaired) electrons. The highest BCUT2D eigenvalue weighted by Gasteiger charge is 2.03. The number of hydrogen-bond acceptors (Lipinski definition) is 3. The molecule has 0 aliphatic carbocycles. The highest BCUT2D eigenvalue weighted by molar-refractivity contribution is 5.39. The molecule has 1 heterocycles. The summed E-state index contributed by atoms with van der Waals surface area (Å²) in [5, 5.41) is 0. The molecule has 1 aromatic carbocycles. The number of aromatic nitrogens is 1. The van der Waals surface area contributed by atoms with Crippen LogP contribution in [0.4, 0.5) is 10.2 Å². The molecule has 2 rings (SSSR count). The molecule has 4 heteroatoms. The molecule has 0 aliphatic rings. The summed E-state index contributed by atoms with van der Waals surface area (Å²) in [7, 11) is 0. The van der Waals surface area contributed by atoms with Crippen LogP contribution in [0.15, 0.2) is 36.5 Å². The van der Waals surface area contributed by atoms with E-state index in [-0.39, 0.29) is 5.82 Å². The van der Waals surface area contributed by atoms with Crippen LogP contribution in [0, 0.1) is 12.7 Å². The van der Waals surface area contributed by atoms with Gasteiger partial charge in [-0.1, -0.05) is 6.07 Å². The zero-order chi connectivity index (χ0) is 12.3. The van der Waals surface area contributed by atoms with Crippen LogP contribution in [-0.4, -0.2) is 4.98 Å². The minimum atomic E-state index is -0.268. The number of hydrogen-bond donors (Lipinski definition) is 1. The van der Waals surface area contributed by atoms with Crippen molar-refractivity contribution in [1.82, 2.24) is 4.98 Å². The summed E-state index contributed by atoms with van der Waals surface area (Å²) in [6.45, 7) is 2.12. The van der Waals surface area contributed by atoms with Crippen LogP contribution in [-0.2, 0) is 6.61 Å². The van der Waals surface area contributed by atoms with Gasteiger partial charge in [0.05, 0.1) is 0 Å². The van der Waals surface area contributed by atoms with E-state index in [4.69, 9.17) is 10.5 Å². The van der Waals surface area contributed by atoms with Crippen LogP contribution < -0.4 is 10.5 Å². The molecular weight excluding hydrogens is 219 g/mol. The molecule has 0 saturated heterocycles. The van der Waals surface area contributed by atoms with Crippen molar-refractivity contribution in [3.05, 3.63) is 53.5 Å². The summed E-state index contributed by atoms with van der Waals surface area (Å²) < 4.78 is 18.5. The second kappa shape index (κ2) is 4.82. The molecule has 1 aromatic heterocycles. The number of halogens is 1. The standard InChI is InChI=1S/C13H13FN2O/c1-9-7-11(14)4-5-12(9)17-8-10-3-2-6-16-13(10)15/h2-7H,8H2,1H3,(H2,15,16). The molecule has 0 amide bonds. The van der Waals surface area contributed by atoms with E-state index in [0.717, 1.165) is 11.1 Å². The van der Waals surface area contributed by atoms with E-state index in [2.05, 4.69) is 4.98 Å². The maximum Gasteiger partial charge on any atom is 0.129 e. The fraction of sp³-hybridized carbons (Fsp3) is 0.154. The Hall–Kier alpha value is -2.10. The molecule has 17 heavy (non-hydrogen) atoms. The molecule has 0 aliphatic heterocycles.